The Morgan fingerprint density at radius 2 is 0.653 bits per heavy atom. The van der Waals surface area contributed by atoms with Crippen LogP contribution in [0.5, 0.6) is 0 Å². The Morgan fingerprint density at radius 1 is 0.278 bits per heavy atom. The third kappa shape index (κ3) is 5.30. The van der Waals surface area contributed by atoms with Crippen LogP contribution in [0.15, 0.2) is 203 Å². The molecule has 0 saturated heterocycles. The Labute approximate surface area is 415 Å². The summed E-state index contributed by atoms with van der Waals surface area (Å²) in [5.41, 5.74) is 24.0. The zero-order valence-electron chi connectivity index (χ0n) is 40.2. The lowest BCUT2D eigenvalue weighted by Gasteiger charge is -2.31. The summed E-state index contributed by atoms with van der Waals surface area (Å²) in [5.74, 6) is 0. The van der Waals surface area contributed by atoms with E-state index in [2.05, 4.69) is 232 Å². The number of nitrogens with zero attached hydrogens (tertiary/aromatic N) is 2. The van der Waals surface area contributed by atoms with Crippen LogP contribution in [0.4, 0.5) is 34.1 Å². The van der Waals surface area contributed by atoms with E-state index in [-0.39, 0.29) is 0 Å². The van der Waals surface area contributed by atoms with Gasteiger partial charge in [-0.25, -0.2) is 0 Å². The van der Waals surface area contributed by atoms with E-state index >= 15 is 0 Å². The number of furan rings is 2. The second kappa shape index (κ2) is 14.2. The summed E-state index contributed by atoms with van der Waals surface area (Å²) in [6, 6.07) is 72.3. The number of aryl methyl sites for hydroxylation is 4. The Hall–Kier alpha value is -9.12. The Balaban J connectivity index is 1.01. The molecule has 8 bridgehead atoms. The monoisotopic (exact) mass is 920 g/mol. The molecule has 4 heteroatoms. The van der Waals surface area contributed by atoms with Crippen molar-refractivity contribution in [2.75, 3.05) is 9.80 Å². The minimum atomic E-state index is 0.871. The van der Waals surface area contributed by atoms with E-state index in [4.69, 9.17) is 8.83 Å². The highest BCUT2D eigenvalue weighted by molar-refractivity contribution is 6.30. The van der Waals surface area contributed by atoms with Gasteiger partial charge in [-0.15, -0.1) is 0 Å². The molecule has 4 heterocycles. The Morgan fingerprint density at radius 3 is 1.10 bits per heavy atom. The van der Waals surface area contributed by atoms with Crippen LogP contribution >= 0.6 is 0 Å². The Kier molecular flexibility index (Phi) is 7.85. The number of hydrogen-bond donors (Lipinski definition) is 0. The normalized spacial score (nSPS) is 12.9. The van der Waals surface area contributed by atoms with Gasteiger partial charge < -0.3 is 18.6 Å². The fourth-order valence-corrected chi connectivity index (χ4v) is 12.9. The van der Waals surface area contributed by atoms with E-state index in [1.54, 1.807) is 0 Å². The van der Waals surface area contributed by atoms with Crippen LogP contribution in [-0.2, 0) is 0 Å². The molecule has 0 amide bonds. The molecule has 2 aliphatic heterocycles. The molecule has 0 atom stereocenters. The predicted octanol–water partition coefficient (Wildman–Crippen LogP) is 19.9. The fraction of sp³-hybridized carbons (Fsp3) is 0.0588. The van der Waals surface area contributed by atoms with Gasteiger partial charge >= 0.3 is 0 Å². The molecule has 16 rings (SSSR count). The highest BCUT2D eigenvalue weighted by Crippen LogP contribution is 2.54. The number of benzene rings is 12. The summed E-state index contributed by atoms with van der Waals surface area (Å²) in [4.78, 5) is 4.94. The van der Waals surface area contributed by atoms with Gasteiger partial charge in [0.25, 0.3) is 0 Å². The van der Waals surface area contributed by atoms with Crippen LogP contribution in [0.3, 0.4) is 0 Å². The summed E-state index contributed by atoms with van der Waals surface area (Å²) >= 11 is 0. The van der Waals surface area contributed by atoms with E-state index in [0.29, 0.717) is 0 Å². The van der Waals surface area contributed by atoms with Crippen molar-refractivity contribution in [2.24, 2.45) is 0 Å². The van der Waals surface area contributed by atoms with Crippen LogP contribution in [0.1, 0.15) is 22.3 Å². The molecule has 14 aromatic rings. The molecule has 0 unspecified atom stereocenters. The van der Waals surface area contributed by atoms with E-state index in [1.807, 2.05) is 0 Å². The van der Waals surface area contributed by atoms with Crippen LogP contribution in [0.2, 0.25) is 0 Å². The third-order valence-corrected chi connectivity index (χ3v) is 15.9. The van der Waals surface area contributed by atoms with Crippen LogP contribution in [-0.4, -0.2) is 0 Å². The van der Waals surface area contributed by atoms with Gasteiger partial charge in [0.15, 0.2) is 11.2 Å². The smallest absolute Gasteiger partial charge is 0.159 e. The molecule has 2 aromatic heterocycles. The molecule has 0 radical (unpaired) electrons. The highest BCUT2D eigenvalue weighted by atomic mass is 16.3. The molecule has 0 fully saturated rings. The first-order valence-electron chi connectivity index (χ1n) is 25.0. The number of anilines is 6. The lowest BCUT2D eigenvalue weighted by Crippen LogP contribution is -2.13. The van der Waals surface area contributed by atoms with Crippen molar-refractivity contribution in [1.82, 2.24) is 0 Å². The van der Waals surface area contributed by atoms with Crippen molar-refractivity contribution in [2.45, 2.75) is 27.7 Å². The summed E-state index contributed by atoms with van der Waals surface area (Å²) in [5, 5.41) is 11.8. The molecule has 2 aliphatic rings. The Bertz CT molecular complexity index is 4400. The second-order valence-corrected chi connectivity index (χ2v) is 20.2. The van der Waals surface area contributed by atoms with E-state index in [0.717, 1.165) is 100 Å². The van der Waals surface area contributed by atoms with Gasteiger partial charge in [0.05, 0.1) is 22.7 Å². The highest BCUT2D eigenvalue weighted by Gasteiger charge is 2.29. The largest absolute Gasteiger partial charge is 0.453 e. The predicted molar refractivity (Wildman–Crippen MR) is 302 cm³/mol. The molecule has 72 heavy (non-hydrogen) atoms. The van der Waals surface area contributed by atoms with Crippen molar-refractivity contribution >= 4 is 110 Å². The van der Waals surface area contributed by atoms with Crippen molar-refractivity contribution < 1.29 is 8.83 Å². The number of fused-ring (bicyclic) bond motifs is 12. The summed E-state index contributed by atoms with van der Waals surface area (Å²) < 4.78 is 14.4. The molecule has 4 nitrogen and oxygen atoms in total. The molecule has 0 spiro atoms. The van der Waals surface area contributed by atoms with E-state index in [1.165, 1.54) is 76.8 Å². The van der Waals surface area contributed by atoms with Gasteiger partial charge in [-0.3, -0.25) is 0 Å². The lowest BCUT2D eigenvalue weighted by atomic mass is 9.87. The maximum Gasteiger partial charge on any atom is 0.159 e. The number of rotatable bonds is 2. The standard InChI is InChI=1S/C68H44N2O2/c1-37-29-41-35-43(31-37)69(59-23-11-21-55-53-19-9-17-51(65(53)71-67(55)59)49-15-7-5-13-47(41)49)61-33-39(3)45-26-28-58-62(34-40(4)46-25-27-57(61)63(45)64(46)58)70-44-32-38(2)30-42(36-44)48-14-6-8-16-50(48)52-18-10-20-54-56-22-12-24-60(70)68(56)72-66(52)54/h5-36H,1-4H3. The van der Waals surface area contributed by atoms with Crippen molar-refractivity contribution in [3.05, 3.63) is 216 Å². The van der Waals surface area contributed by atoms with Crippen LogP contribution in [0.25, 0.3) is 121 Å². The maximum atomic E-state index is 7.20. The fourth-order valence-electron chi connectivity index (χ4n) is 12.9. The van der Waals surface area contributed by atoms with Gasteiger partial charge in [-0.05, 0) is 153 Å². The zero-order valence-corrected chi connectivity index (χ0v) is 40.2. The second-order valence-electron chi connectivity index (χ2n) is 20.2. The number of para-hydroxylation sites is 4. The van der Waals surface area contributed by atoms with Crippen molar-refractivity contribution in [3.8, 4) is 44.5 Å². The van der Waals surface area contributed by atoms with Gasteiger partial charge in [0, 0.05) is 54.8 Å². The minimum absolute atomic E-state index is 0.871. The quantitative estimate of drug-likeness (QED) is 0.162. The van der Waals surface area contributed by atoms with Gasteiger partial charge in [-0.1, -0.05) is 146 Å². The van der Waals surface area contributed by atoms with E-state index in [9.17, 15) is 0 Å². The molecule has 0 saturated carbocycles. The van der Waals surface area contributed by atoms with E-state index < -0.39 is 0 Å². The van der Waals surface area contributed by atoms with Gasteiger partial charge in [0.2, 0.25) is 0 Å². The molecule has 338 valence electrons. The summed E-state index contributed by atoms with van der Waals surface area (Å²) in [7, 11) is 0. The first kappa shape index (κ1) is 39.7. The van der Waals surface area contributed by atoms with Crippen molar-refractivity contribution in [1.29, 1.82) is 0 Å². The topological polar surface area (TPSA) is 32.8 Å². The van der Waals surface area contributed by atoms with Gasteiger partial charge in [0.1, 0.15) is 11.2 Å². The van der Waals surface area contributed by atoms with Crippen LogP contribution < -0.4 is 9.80 Å². The molecule has 0 aliphatic carbocycles. The van der Waals surface area contributed by atoms with Gasteiger partial charge in [-0.2, -0.15) is 0 Å². The van der Waals surface area contributed by atoms with Crippen molar-refractivity contribution in [3.63, 3.8) is 0 Å². The minimum Gasteiger partial charge on any atom is -0.453 e. The maximum absolute atomic E-state index is 7.20. The third-order valence-electron chi connectivity index (χ3n) is 15.9. The first-order valence-corrected chi connectivity index (χ1v) is 25.0. The first-order chi connectivity index (χ1) is 35.3. The molecular weight excluding hydrogens is 877 g/mol. The summed E-state index contributed by atoms with van der Waals surface area (Å²) in [6.07, 6.45) is 0. The SMILES string of the molecule is Cc1cc2cc(c1)N(c1cc(C)c3ccc4c(N5c6cc(C)cc(c6)-c6ccccc6-c6cccc7c6oc6c5cccc67)cc(C)c5ccc1c3c54)c1cccc3c1oc1c(cccc13)-c1ccccc1-2. The lowest BCUT2D eigenvalue weighted by molar-refractivity contribution is 0.670. The molecule has 0 N–H and O–H groups in total. The number of hydrogen-bond acceptors (Lipinski definition) is 4. The average molecular weight is 921 g/mol. The zero-order chi connectivity index (χ0) is 47.7. The molecule has 12 aromatic carbocycles. The summed E-state index contributed by atoms with van der Waals surface area (Å²) in [6.45, 7) is 8.99. The molecular formula is C68H44N2O2. The van der Waals surface area contributed by atoms with Crippen LogP contribution in [0, 0.1) is 27.7 Å². The average Bonchev–Trinajstić information content (AvgIpc) is 3.98.